The lowest BCUT2D eigenvalue weighted by Gasteiger charge is -2.07. The molecule has 0 saturated heterocycles. The lowest BCUT2D eigenvalue weighted by molar-refractivity contribution is 0.588. The second-order valence-corrected chi connectivity index (χ2v) is 4.76. The van der Waals surface area contributed by atoms with Crippen molar-refractivity contribution < 1.29 is 4.39 Å². The molecular formula is C15H15ClFN. The van der Waals surface area contributed by atoms with E-state index in [4.69, 9.17) is 11.6 Å². The first kappa shape index (κ1) is 13.1. The van der Waals surface area contributed by atoms with Gasteiger partial charge in [0.2, 0.25) is 0 Å². The van der Waals surface area contributed by atoms with Crippen LogP contribution in [0.2, 0.25) is 5.02 Å². The fraction of sp³-hybridized carbons (Fsp3) is 0.200. The largest absolute Gasteiger partial charge is 0.309 e. The molecule has 0 fully saturated rings. The molecule has 2 aromatic carbocycles. The summed E-state index contributed by atoms with van der Waals surface area (Å²) < 4.78 is 13.5. The van der Waals surface area contributed by atoms with Gasteiger partial charge in [0.25, 0.3) is 0 Å². The predicted octanol–water partition coefficient (Wildman–Crippen LogP) is 4.08. The zero-order chi connectivity index (χ0) is 13.0. The van der Waals surface area contributed by atoms with Gasteiger partial charge < -0.3 is 5.32 Å². The van der Waals surface area contributed by atoms with Crippen molar-refractivity contribution in [3.05, 3.63) is 70.0 Å². The maximum Gasteiger partial charge on any atom is 0.129 e. The van der Waals surface area contributed by atoms with Crippen LogP contribution in [-0.2, 0) is 13.1 Å². The van der Waals surface area contributed by atoms with Crippen LogP contribution in [-0.4, -0.2) is 0 Å². The summed E-state index contributed by atoms with van der Waals surface area (Å²) in [4.78, 5) is 0. The predicted molar refractivity (Wildman–Crippen MR) is 73.1 cm³/mol. The first-order chi connectivity index (χ1) is 8.65. The highest BCUT2D eigenvalue weighted by molar-refractivity contribution is 6.30. The summed E-state index contributed by atoms with van der Waals surface area (Å²) in [5, 5.41) is 3.65. The molecule has 0 saturated carbocycles. The van der Waals surface area contributed by atoms with Crippen molar-refractivity contribution in [3.8, 4) is 0 Å². The molecular weight excluding hydrogens is 249 g/mol. The van der Waals surface area contributed by atoms with E-state index in [9.17, 15) is 4.39 Å². The van der Waals surface area contributed by atoms with E-state index in [-0.39, 0.29) is 5.82 Å². The molecule has 0 unspecified atom stereocenters. The average molecular weight is 264 g/mol. The van der Waals surface area contributed by atoms with E-state index in [0.29, 0.717) is 17.1 Å². The minimum Gasteiger partial charge on any atom is -0.309 e. The third-order valence-corrected chi connectivity index (χ3v) is 2.98. The quantitative estimate of drug-likeness (QED) is 0.877. The number of rotatable bonds is 4. The lowest BCUT2D eigenvalue weighted by Crippen LogP contribution is -2.13. The monoisotopic (exact) mass is 263 g/mol. The fourth-order valence-electron chi connectivity index (χ4n) is 1.83. The van der Waals surface area contributed by atoms with Crippen LogP contribution < -0.4 is 5.32 Å². The van der Waals surface area contributed by atoms with E-state index >= 15 is 0 Å². The molecule has 0 heterocycles. The van der Waals surface area contributed by atoms with Gasteiger partial charge in [-0.3, -0.25) is 0 Å². The molecule has 1 nitrogen and oxygen atoms in total. The van der Waals surface area contributed by atoms with Crippen LogP contribution in [0.15, 0.2) is 42.5 Å². The van der Waals surface area contributed by atoms with Gasteiger partial charge in [0.15, 0.2) is 0 Å². The molecule has 2 aromatic rings. The van der Waals surface area contributed by atoms with Gasteiger partial charge in [0.05, 0.1) is 0 Å². The van der Waals surface area contributed by atoms with Crippen molar-refractivity contribution >= 4 is 11.6 Å². The van der Waals surface area contributed by atoms with Crippen molar-refractivity contribution in [1.82, 2.24) is 5.32 Å². The molecule has 0 aliphatic heterocycles. The molecule has 0 amide bonds. The van der Waals surface area contributed by atoms with Crippen molar-refractivity contribution in [2.24, 2.45) is 0 Å². The Balaban J connectivity index is 1.92. The Hall–Kier alpha value is -1.38. The minimum atomic E-state index is -0.265. The average Bonchev–Trinajstić information content (AvgIpc) is 2.32. The maximum atomic E-state index is 13.5. The van der Waals surface area contributed by atoms with Crippen molar-refractivity contribution in [2.75, 3.05) is 0 Å². The highest BCUT2D eigenvalue weighted by Crippen LogP contribution is 2.14. The van der Waals surface area contributed by atoms with Crippen LogP contribution in [0, 0.1) is 12.7 Å². The molecule has 18 heavy (non-hydrogen) atoms. The van der Waals surface area contributed by atoms with Crippen LogP contribution in [0.1, 0.15) is 16.7 Å². The first-order valence-corrected chi connectivity index (χ1v) is 6.23. The normalized spacial score (nSPS) is 10.6. The van der Waals surface area contributed by atoms with Gasteiger partial charge in [-0.05, 0) is 24.6 Å². The Morgan fingerprint density at radius 3 is 2.67 bits per heavy atom. The first-order valence-electron chi connectivity index (χ1n) is 5.85. The van der Waals surface area contributed by atoms with Crippen molar-refractivity contribution in [3.63, 3.8) is 0 Å². The molecule has 0 aromatic heterocycles. The summed E-state index contributed by atoms with van der Waals surface area (Å²) >= 11 is 5.70. The number of aryl methyl sites for hydroxylation is 1. The topological polar surface area (TPSA) is 12.0 Å². The molecule has 94 valence electrons. The smallest absolute Gasteiger partial charge is 0.129 e. The van der Waals surface area contributed by atoms with Gasteiger partial charge in [-0.25, -0.2) is 4.39 Å². The molecule has 0 spiro atoms. The number of hydrogen-bond donors (Lipinski definition) is 1. The second-order valence-electron chi connectivity index (χ2n) is 4.33. The molecule has 2 rings (SSSR count). The van der Waals surface area contributed by atoms with Crippen LogP contribution >= 0.6 is 11.6 Å². The van der Waals surface area contributed by atoms with E-state index in [1.165, 1.54) is 17.2 Å². The Morgan fingerprint density at radius 2 is 1.94 bits per heavy atom. The molecule has 3 heteroatoms. The standard InChI is InChI=1S/C15H15ClFN/c1-11-3-2-4-12(7-11)9-18-10-13-5-6-14(16)8-15(13)17/h2-8,18H,9-10H2,1H3. The summed E-state index contributed by atoms with van der Waals surface area (Å²) in [6.45, 7) is 3.28. The minimum absolute atomic E-state index is 0.265. The van der Waals surface area contributed by atoms with E-state index in [1.807, 2.05) is 6.07 Å². The van der Waals surface area contributed by atoms with Crippen LogP contribution in [0.4, 0.5) is 4.39 Å². The zero-order valence-electron chi connectivity index (χ0n) is 10.2. The Bertz CT molecular complexity index is 540. The van der Waals surface area contributed by atoms with Crippen LogP contribution in [0.3, 0.4) is 0 Å². The number of hydrogen-bond acceptors (Lipinski definition) is 1. The van der Waals surface area contributed by atoms with E-state index in [1.54, 1.807) is 12.1 Å². The highest BCUT2D eigenvalue weighted by Gasteiger charge is 2.02. The molecule has 1 N–H and O–H groups in total. The summed E-state index contributed by atoms with van der Waals surface area (Å²) in [5.74, 6) is -0.265. The molecule has 0 aliphatic rings. The van der Waals surface area contributed by atoms with Crippen LogP contribution in [0.5, 0.6) is 0 Å². The summed E-state index contributed by atoms with van der Waals surface area (Å²) in [5.41, 5.74) is 3.06. The molecule has 0 bridgehead atoms. The molecule has 0 radical (unpaired) electrons. The van der Waals surface area contributed by atoms with Crippen molar-refractivity contribution in [1.29, 1.82) is 0 Å². The van der Waals surface area contributed by atoms with Gasteiger partial charge in [-0.2, -0.15) is 0 Å². The lowest BCUT2D eigenvalue weighted by atomic mass is 10.1. The van der Waals surface area contributed by atoms with Gasteiger partial charge in [-0.1, -0.05) is 47.5 Å². The summed E-state index contributed by atoms with van der Waals surface area (Å²) in [6.07, 6.45) is 0. The Labute approximate surface area is 112 Å². The van der Waals surface area contributed by atoms with Gasteiger partial charge in [0.1, 0.15) is 5.82 Å². The third kappa shape index (κ3) is 3.56. The Kier molecular flexibility index (Phi) is 4.34. The second kappa shape index (κ2) is 5.98. The van der Waals surface area contributed by atoms with E-state index in [0.717, 1.165) is 6.54 Å². The number of nitrogens with one attached hydrogen (secondary N) is 1. The van der Waals surface area contributed by atoms with Gasteiger partial charge >= 0.3 is 0 Å². The molecule has 0 aliphatic carbocycles. The van der Waals surface area contributed by atoms with Crippen LogP contribution in [0.25, 0.3) is 0 Å². The number of benzene rings is 2. The van der Waals surface area contributed by atoms with E-state index < -0.39 is 0 Å². The number of halogens is 2. The highest BCUT2D eigenvalue weighted by atomic mass is 35.5. The Morgan fingerprint density at radius 1 is 1.11 bits per heavy atom. The summed E-state index contributed by atoms with van der Waals surface area (Å²) in [7, 11) is 0. The third-order valence-electron chi connectivity index (χ3n) is 2.74. The summed E-state index contributed by atoms with van der Waals surface area (Å²) in [6, 6.07) is 13.0. The van der Waals surface area contributed by atoms with Crippen molar-refractivity contribution in [2.45, 2.75) is 20.0 Å². The van der Waals surface area contributed by atoms with Gasteiger partial charge in [-0.15, -0.1) is 0 Å². The maximum absolute atomic E-state index is 13.5. The van der Waals surface area contributed by atoms with Gasteiger partial charge in [0, 0.05) is 23.7 Å². The van der Waals surface area contributed by atoms with E-state index in [2.05, 4.69) is 30.4 Å². The zero-order valence-corrected chi connectivity index (χ0v) is 11.0. The molecule has 0 atom stereocenters. The SMILES string of the molecule is Cc1cccc(CNCc2ccc(Cl)cc2F)c1. The fourth-order valence-corrected chi connectivity index (χ4v) is 1.99.